The lowest BCUT2D eigenvalue weighted by atomic mass is 10.1. The van der Waals surface area contributed by atoms with E-state index in [9.17, 15) is 13.2 Å². The first-order chi connectivity index (χ1) is 11.9. The maximum Gasteiger partial charge on any atom is 0.235 e. The molecule has 1 amide bonds. The van der Waals surface area contributed by atoms with Crippen LogP contribution >= 0.6 is 0 Å². The highest BCUT2D eigenvalue weighted by molar-refractivity contribution is 7.92. The fourth-order valence-electron chi connectivity index (χ4n) is 2.70. The highest BCUT2D eigenvalue weighted by Crippen LogP contribution is 2.10. The summed E-state index contributed by atoms with van der Waals surface area (Å²) in [5.74, 6) is -0.870. The van der Waals surface area contributed by atoms with Gasteiger partial charge in [0.15, 0.2) is 9.84 Å². The smallest absolute Gasteiger partial charge is 0.235 e. The lowest BCUT2D eigenvalue weighted by Crippen LogP contribution is -2.31. The fraction of sp³-hybridized carbons (Fsp3) is 0.350. The molecule has 0 saturated heterocycles. The number of carbonyl (C=O) groups excluding carboxylic acids is 1. The molecule has 134 valence electrons. The van der Waals surface area contributed by atoms with E-state index in [-0.39, 0.29) is 5.75 Å². The Bertz CT molecular complexity index is 814. The molecule has 2 aromatic carbocycles. The first-order valence-corrected chi connectivity index (χ1v) is 10.2. The van der Waals surface area contributed by atoms with Crippen molar-refractivity contribution in [2.45, 2.75) is 33.2 Å². The third-order valence-corrected chi connectivity index (χ3v) is 5.70. The largest absolute Gasteiger partial charge is 0.351 e. The van der Waals surface area contributed by atoms with Crippen LogP contribution in [0.4, 0.5) is 0 Å². The molecule has 25 heavy (non-hydrogen) atoms. The van der Waals surface area contributed by atoms with Crippen LogP contribution in [0.1, 0.15) is 28.7 Å². The predicted octanol–water partition coefficient (Wildman–Crippen LogP) is 2.97. The van der Waals surface area contributed by atoms with E-state index in [1.807, 2.05) is 62.4 Å². The van der Waals surface area contributed by atoms with E-state index < -0.39 is 21.5 Å². The van der Waals surface area contributed by atoms with Crippen LogP contribution in [0.3, 0.4) is 0 Å². The van der Waals surface area contributed by atoms with Crippen LogP contribution in [0, 0.1) is 13.8 Å². The molecule has 0 aliphatic carbocycles. The molecule has 5 heteroatoms. The second-order valence-electron chi connectivity index (χ2n) is 6.39. The standard InChI is InChI=1S/C20H25NO3S/c1-16-10-11-19(17(2)13-16)14-21-20(22)15-25(23,24)12-6-9-18-7-4-3-5-8-18/h3-5,7-8,10-11,13H,6,9,12,14-15H2,1-2H3,(H,21,22). The molecule has 0 radical (unpaired) electrons. The molecule has 0 saturated carbocycles. The molecule has 1 N–H and O–H groups in total. The summed E-state index contributed by atoms with van der Waals surface area (Å²) in [6, 6.07) is 15.7. The molecule has 0 aromatic heterocycles. The monoisotopic (exact) mass is 359 g/mol. The number of amides is 1. The first kappa shape index (κ1) is 19.2. The van der Waals surface area contributed by atoms with Crippen molar-refractivity contribution in [2.75, 3.05) is 11.5 Å². The predicted molar refractivity (Wildman–Crippen MR) is 101 cm³/mol. The number of rotatable bonds is 8. The molecular formula is C20H25NO3S. The maximum absolute atomic E-state index is 12.1. The third kappa shape index (κ3) is 6.70. The molecule has 0 fully saturated rings. The highest BCUT2D eigenvalue weighted by atomic mass is 32.2. The van der Waals surface area contributed by atoms with Gasteiger partial charge in [0, 0.05) is 6.54 Å². The summed E-state index contributed by atoms with van der Waals surface area (Å²) in [4.78, 5) is 12.0. The molecule has 4 nitrogen and oxygen atoms in total. The number of carbonyl (C=O) groups is 1. The van der Waals surface area contributed by atoms with Crippen molar-refractivity contribution >= 4 is 15.7 Å². The zero-order valence-electron chi connectivity index (χ0n) is 14.8. The van der Waals surface area contributed by atoms with E-state index >= 15 is 0 Å². The second-order valence-corrected chi connectivity index (χ2v) is 8.57. The summed E-state index contributed by atoms with van der Waals surface area (Å²) in [7, 11) is -3.38. The van der Waals surface area contributed by atoms with Crippen molar-refractivity contribution in [1.29, 1.82) is 0 Å². The Morgan fingerprint density at radius 2 is 1.76 bits per heavy atom. The number of hydrogen-bond acceptors (Lipinski definition) is 3. The van der Waals surface area contributed by atoms with Gasteiger partial charge in [-0.2, -0.15) is 0 Å². The number of nitrogens with one attached hydrogen (secondary N) is 1. The van der Waals surface area contributed by atoms with E-state index in [1.165, 1.54) is 0 Å². The van der Waals surface area contributed by atoms with Crippen LogP contribution in [-0.2, 0) is 27.6 Å². The summed E-state index contributed by atoms with van der Waals surface area (Å²) < 4.78 is 24.2. The van der Waals surface area contributed by atoms with Crippen molar-refractivity contribution in [3.63, 3.8) is 0 Å². The molecule has 0 bridgehead atoms. The van der Waals surface area contributed by atoms with Crippen LogP contribution in [0.5, 0.6) is 0 Å². The molecule has 0 unspecified atom stereocenters. The summed E-state index contributed by atoms with van der Waals surface area (Å²) in [6.45, 7) is 4.34. The van der Waals surface area contributed by atoms with E-state index in [4.69, 9.17) is 0 Å². The molecule has 2 aromatic rings. The topological polar surface area (TPSA) is 63.2 Å². The van der Waals surface area contributed by atoms with Crippen LogP contribution in [0.2, 0.25) is 0 Å². The first-order valence-electron chi connectivity index (χ1n) is 8.43. The average molecular weight is 359 g/mol. The molecule has 0 atom stereocenters. The van der Waals surface area contributed by atoms with Crippen LogP contribution < -0.4 is 5.32 Å². The molecule has 2 rings (SSSR count). The summed E-state index contributed by atoms with van der Waals surface area (Å²) in [5.41, 5.74) is 4.36. The summed E-state index contributed by atoms with van der Waals surface area (Å²) in [5, 5.41) is 2.71. The lowest BCUT2D eigenvalue weighted by molar-refractivity contribution is -0.118. The van der Waals surface area contributed by atoms with Gasteiger partial charge in [-0.15, -0.1) is 0 Å². The van der Waals surface area contributed by atoms with E-state index in [0.29, 0.717) is 19.4 Å². The van der Waals surface area contributed by atoms with Crippen LogP contribution in [-0.4, -0.2) is 25.8 Å². The van der Waals surface area contributed by atoms with Crippen LogP contribution in [0.15, 0.2) is 48.5 Å². The number of hydrogen-bond donors (Lipinski definition) is 1. The highest BCUT2D eigenvalue weighted by Gasteiger charge is 2.16. The van der Waals surface area contributed by atoms with Gasteiger partial charge in [0.05, 0.1) is 5.75 Å². The summed E-state index contributed by atoms with van der Waals surface area (Å²) in [6.07, 6.45) is 1.22. The summed E-state index contributed by atoms with van der Waals surface area (Å²) >= 11 is 0. The van der Waals surface area contributed by atoms with Gasteiger partial charge < -0.3 is 5.32 Å². The van der Waals surface area contributed by atoms with Gasteiger partial charge in [-0.3, -0.25) is 4.79 Å². The number of benzene rings is 2. The van der Waals surface area contributed by atoms with Gasteiger partial charge in [-0.25, -0.2) is 8.42 Å². The Hall–Kier alpha value is -2.14. The molecule has 0 aliphatic rings. The fourth-order valence-corrected chi connectivity index (χ4v) is 3.93. The molecule has 0 heterocycles. The minimum atomic E-state index is -3.38. The van der Waals surface area contributed by atoms with E-state index in [1.54, 1.807) is 0 Å². The van der Waals surface area contributed by atoms with Gasteiger partial charge in [0.2, 0.25) is 5.91 Å². The number of sulfone groups is 1. The third-order valence-electron chi connectivity index (χ3n) is 4.09. The Balaban J connectivity index is 1.78. The van der Waals surface area contributed by atoms with Gasteiger partial charge in [-0.1, -0.05) is 54.1 Å². The lowest BCUT2D eigenvalue weighted by Gasteiger charge is -2.09. The Morgan fingerprint density at radius 3 is 2.44 bits per heavy atom. The quantitative estimate of drug-likeness (QED) is 0.788. The second kappa shape index (κ2) is 8.81. The maximum atomic E-state index is 12.1. The van der Waals surface area contributed by atoms with E-state index in [0.717, 1.165) is 22.3 Å². The van der Waals surface area contributed by atoms with Gasteiger partial charge in [-0.05, 0) is 43.4 Å². The molecular weight excluding hydrogens is 334 g/mol. The van der Waals surface area contributed by atoms with E-state index in [2.05, 4.69) is 5.32 Å². The molecule has 0 aliphatic heterocycles. The van der Waals surface area contributed by atoms with Gasteiger partial charge in [0.1, 0.15) is 5.75 Å². The molecule has 0 spiro atoms. The zero-order chi connectivity index (χ0) is 18.3. The number of aryl methyl sites for hydroxylation is 3. The Labute approximate surface area is 150 Å². The SMILES string of the molecule is Cc1ccc(CNC(=O)CS(=O)(=O)CCCc2ccccc2)c(C)c1. The zero-order valence-corrected chi connectivity index (χ0v) is 15.6. The van der Waals surface area contributed by atoms with Gasteiger partial charge in [0.25, 0.3) is 0 Å². The van der Waals surface area contributed by atoms with Crippen molar-refractivity contribution in [1.82, 2.24) is 5.32 Å². The van der Waals surface area contributed by atoms with Crippen molar-refractivity contribution < 1.29 is 13.2 Å². The van der Waals surface area contributed by atoms with Crippen molar-refractivity contribution in [2.24, 2.45) is 0 Å². The average Bonchev–Trinajstić information content (AvgIpc) is 2.54. The Kier molecular flexibility index (Phi) is 6.76. The van der Waals surface area contributed by atoms with Crippen LogP contribution in [0.25, 0.3) is 0 Å². The van der Waals surface area contributed by atoms with Gasteiger partial charge >= 0.3 is 0 Å². The Morgan fingerprint density at radius 1 is 1.04 bits per heavy atom. The minimum Gasteiger partial charge on any atom is -0.351 e. The minimum absolute atomic E-state index is 0.0267. The van der Waals surface area contributed by atoms with Crippen molar-refractivity contribution in [3.8, 4) is 0 Å². The van der Waals surface area contributed by atoms with Crippen molar-refractivity contribution in [3.05, 3.63) is 70.8 Å². The normalized spacial score (nSPS) is 11.3.